The van der Waals surface area contributed by atoms with Gasteiger partial charge in [0.1, 0.15) is 10.6 Å². The van der Waals surface area contributed by atoms with Crippen LogP contribution in [0.2, 0.25) is 0 Å². The molecular formula is C21H24N2O3S2. The molecule has 0 spiro atoms. The smallest absolute Gasteiger partial charge is 0.263 e. The third-order valence-corrected chi connectivity index (χ3v) is 6.91. The van der Waals surface area contributed by atoms with E-state index in [0.717, 1.165) is 15.3 Å². The van der Waals surface area contributed by atoms with Gasteiger partial charge in [0.25, 0.3) is 5.56 Å². The zero-order valence-corrected chi connectivity index (χ0v) is 18.5. The molecule has 3 aromatic rings. The number of thioether (sulfide) groups is 1. The van der Waals surface area contributed by atoms with Crippen LogP contribution < -0.4 is 10.3 Å². The maximum absolute atomic E-state index is 13.1. The quantitative estimate of drug-likeness (QED) is 0.320. The van der Waals surface area contributed by atoms with Crippen LogP contribution in [0.5, 0.6) is 5.75 Å². The Balaban J connectivity index is 1.99. The molecule has 0 saturated carbocycles. The fourth-order valence-corrected chi connectivity index (χ4v) is 5.22. The number of rotatable bonds is 6. The lowest BCUT2D eigenvalue weighted by atomic mass is 10.1. The average molecular weight is 417 g/mol. The molecule has 0 aliphatic heterocycles. The van der Waals surface area contributed by atoms with Gasteiger partial charge in [0.05, 0.1) is 17.7 Å². The first-order valence-electron chi connectivity index (χ1n) is 9.11. The maximum Gasteiger partial charge on any atom is 0.263 e. The van der Waals surface area contributed by atoms with Crippen molar-refractivity contribution >= 4 is 39.1 Å². The number of Topliss-reactive ketones (excluding diaryl/α,β-unsaturated/α-hetero) is 1. The minimum Gasteiger partial charge on any atom is -0.497 e. The van der Waals surface area contributed by atoms with Gasteiger partial charge in [-0.05, 0) is 64.4 Å². The largest absolute Gasteiger partial charge is 0.497 e. The molecular weight excluding hydrogens is 392 g/mol. The molecule has 7 heteroatoms. The third-order valence-electron chi connectivity index (χ3n) is 4.75. The number of carbonyl (C=O) groups excluding carboxylic acids is 1. The molecule has 0 aliphatic rings. The maximum atomic E-state index is 13.1. The number of benzene rings is 1. The van der Waals surface area contributed by atoms with E-state index in [9.17, 15) is 9.59 Å². The van der Waals surface area contributed by atoms with E-state index in [1.165, 1.54) is 23.1 Å². The number of ether oxygens (including phenoxy) is 1. The van der Waals surface area contributed by atoms with Crippen LogP contribution in [0, 0.1) is 13.8 Å². The average Bonchev–Trinajstić information content (AvgIpc) is 2.94. The molecule has 148 valence electrons. The standard InChI is InChI=1S/C21H24N2O3S2/c1-11(2)23-20(25)17-12(3)13(4)27-19(17)22-21(23)28-14(5)18(24)15-7-9-16(26-6)10-8-15/h7-11,14H,1-6H3. The first-order valence-corrected chi connectivity index (χ1v) is 10.8. The van der Waals surface area contributed by atoms with Crippen molar-refractivity contribution in [1.82, 2.24) is 9.55 Å². The van der Waals surface area contributed by atoms with E-state index < -0.39 is 0 Å². The van der Waals surface area contributed by atoms with Crippen LogP contribution in [0.25, 0.3) is 10.2 Å². The van der Waals surface area contributed by atoms with E-state index in [-0.39, 0.29) is 22.6 Å². The van der Waals surface area contributed by atoms with Gasteiger partial charge in [0.15, 0.2) is 10.9 Å². The highest BCUT2D eigenvalue weighted by molar-refractivity contribution is 8.00. The van der Waals surface area contributed by atoms with Crippen LogP contribution in [-0.4, -0.2) is 27.7 Å². The zero-order chi connectivity index (χ0) is 20.6. The minimum atomic E-state index is -0.370. The van der Waals surface area contributed by atoms with Gasteiger partial charge in [-0.3, -0.25) is 14.2 Å². The molecule has 0 aliphatic carbocycles. The molecule has 0 bridgehead atoms. The van der Waals surface area contributed by atoms with Crippen molar-refractivity contribution in [3.63, 3.8) is 0 Å². The summed E-state index contributed by atoms with van der Waals surface area (Å²) in [6.45, 7) is 9.74. The summed E-state index contributed by atoms with van der Waals surface area (Å²) in [5.74, 6) is 0.705. The Morgan fingerprint density at radius 1 is 1.18 bits per heavy atom. The van der Waals surface area contributed by atoms with E-state index in [1.807, 2.05) is 34.6 Å². The lowest BCUT2D eigenvalue weighted by Crippen LogP contribution is -2.26. The van der Waals surface area contributed by atoms with Crippen molar-refractivity contribution in [2.45, 2.75) is 51.1 Å². The number of fused-ring (bicyclic) bond motifs is 1. The summed E-state index contributed by atoms with van der Waals surface area (Å²) in [5, 5.41) is 0.905. The highest BCUT2D eigenvalue weighted by Crippen LogP contribution is 2.31. The van der Waals surface area contributed by atoms with E-state index in [4.69, 9.17) is 9.72 Å². The van der Waals surface area contributed by atoms with Crippen molar-refractivity contribution in [3.05, 3.63) is 50.6 Å². The SMILES string of the molecule is COc1ccc(C(=O)C(C)Sc2nc3sc(C)c(C)c3c(=O)n2C(C)C)cc1. The summed E-state index contributed by atoms with van der Waals surface area (Å²) >= 11 is 2.86. The fraction of sp³-hybridized carbons (Fsp3) is 0.381. The Morgan fingerprint density at radius 2 is 1.82 bits per heavy atom. The van der Waals surface area contributed by atoms with Crippen molar-refractivity contribution in [3.8, 4) is 5.75 Å². The number of hydrogen-bond acceptors (Lipinski definition) is 6. The molecule has 2 aromatic heterocycles. The molecule has 1 aromatic carbocycles. The Hall–Kier alpha value is -2.12. The van der Waals surface area contributed by atoms with E-state index in [2.05, 4.69) is 0 Å². The second-order valence-corrected chi connectivity index (χ2v) is 9.49. The molecule has 3 rings (SSSR count). The summed E-state index contributed by atoms with van der Waals surface area (Å²) < 4.78 is 6.85. The highest BCUT2D eigenvalue weighted by atomic mass is 32.2. The molecule has 1 unspecified atom stereocenters. The van der Waals surface area contributed by atoms with Crippen molar-refractivity contribution in [2.24, 2.45) is 0 Å². The number of thiophene rings is 1. The molecule has 0 saturated heterocycles. The molecule has 0 amide bonds. The predicted octanol–water partition coefficient (Wildman–Crippen LogP) is 5.03. The van der Waals surface area contributed by atoms with Gasteiger partial charge in [0.2, 0.25) is 0 Å². The number of carbonyl (C=O) groups is 1. The number of aromatic nitrogens is 2. The van der Waals surface area contributed by atoms with Gasteiger partial charge in [-0.15, -0.1) is 11.3 Å². The van der Waals surface area contributed by atoms with Crippen LogP contribution in [0.15, 0.2) is 34.2 Å². The molecule has 0 radical (unpaired) electrons. The number of ketones is 1. The van der Waals surface area contributed by atoms with E-state index in [0.29, 0.717) is 21.9 Å². The second kappa shape index (κ2) is 8.09. The highest BCUT2D eigenvalue weighted by Gasteiger charge is 2.23. The first-order chi connectivity index (χ1) is 13.2. The van der Waals surface area contributed by atoms with E-state index in [1.54, 1.807) is 35.9 Å². The lowest BCUT2D eigenvalue weighted by molar-refractivity contribution is 0.0993. The molecule has 5 nitrogen and oxygen atoms in total. The molecule has 0 fully saturated rings. The molecule has 2 heterocycles. The van der Waals surface area contributed by atoms with Crippen molar-refractivity contribution in [1.29, 1.82) is 0 Å². The van der Waals surface area contributed by atoms with Gasteiger partial charge in [-0.25, -0.2) is 4.98 Å². The number of aryl methyl sites for hydroxylation is 2. The Labute approximate surface area is 172 Å². The Kier molecular flexibility index (Phi) is 5.95. The summed E-state index contributed by atoms with van der Waals surface area (Å²) in [7, 11) is 1.59. The van der Waals surface area contributed by atoms with Gasteiger partial charge in [-0.2, -0.15) is 0 Å². The van der Waals surface area contributed by atoms with Gasteiger partial charge in [0, 0.05) is 16.5 Å². The Morgan fingerprint density at radius 3 is 2.39 bits per heavy atom. The van der Waals surface area contributed by atoms with E-state index >= 15 is 0 Å². The predicted molar refractivity (Wildman–Crippen MR) is 116 cm³/mol. The van der Waals surface area contributed by atoms with Crippen molar-refractivity contribution < 1.29 is 9.53 Å². The monoisotopic (exact) mass is 416 g/mol. The van der Waals surface area contributed by atoms with Gasteiger partial charge >= 0.3 is 0 Å². The van der Waals surface area contributed by atoms with Crippen LogP contribution in [0.3, 0.4) is 0 Å². The molecule has 28 heavy (non-hydrogen) atoms. The number of hydrogen-bond donors (Lipinski definition) is 0. The van der Waals surface area contributed by atoms with Crippen LogP contribution >= 0.6 is 23.1 Å². The van der Waals surface area contributed by atoms with Crippen molar-refractivity contribution in [2.75, 3.05) is 7.11 Å². The lowest BCUT2D eigenvalue weighted by Gasteiger charge is -2.17. The molecule has 0 N–H and O–H groups in total. The third kappa shape index (κ3) is 3.73. The second-order valence-electron chi connectivity index (χ2n) is 6.98. The van der Waals surface area contributed by atoms with Crippen LogP contribution in [0.4, 0.5) is 0 Å². The normalized spacial score (nSPS) is 12.5. The van der Waals surface area contributed by atoms with Gasteiger partial charge < -0.3 is 4.74 Å². The minimum absolute atomic E-state index is 0.00385. The van der Waals surface area contributed by atoms with Crippen LogP contribution in [0.1, 0.15) is 47.6 Å². The summed E-state index contributed by atoms with van der Waals surface area (Å²) in [6, 6.07) is 7.02. The Bertz CT molecular complexity index is 1080. The number of nitrogens with zero attached hydrogens (tertiary/aromatic N) is 2. The van der Waals surface area contributed by atoms with Gasteiger partial charge in [-0.1, -0.05) is 11.8 Å². The fourth-order valence-electron chi connectivity index (χ4n) is 3.03. The summed E-state index contributed by atoms with van der Waals surface area (Å²) in [5.41, 5.74) is 1.57. The van der Waals surface area contributed by atoms with Crippen LogP contribution in [-0.2, 0) is 0 Å². The first kappa shape index (κ1) is 20.6. The topological polar surface area (TPSA) is 61.2 Å². The number of methoxy groups -OCH3 is 1. The summed E-state index contributed by atoms with van der Waals surface area (Å²) in [4.78, 5) is 32.6. The summed E-state index contributed by atoms with van der Waals surface area (Å²) in [6.07, 6.45) is 0. The molecule has 1 atom stereocenters. The zero-order valence-electron chi connectivity index (χ0n) is 16.9.